The summed E-state index contributed by atoms with van der Waals surface area (Å²) in [6.07, 6.45) is -3.23. The van der Waals surface area contributed by atoms with Crippen LogP contribution in [0, 0.1) is 0 Å². The van der Waals surface area contributed by atoms with Crippen molar-refractivity contribution in [3.05, 3.63) is 36.4 Å². The molecule has 2 rings (SSSR count). The molecular formula is C10H7Cl2F3N2S2. The van der Waals surface area contributed by atoms with E-state index in [2.05, 4.69) is 10.3 Å². The van der Waals surface area contributed by atoms with Crippen LogP contribution in [0.1, 0.15) is 21.5 Å². The maximum atomic E-state index is 12.5. The number of nitrogens with one attached hydrogen (secondary N) is 1. The number of nitrogens with zero attached hydrogens (tertiary/aromatic N) is 1. The van der Waals surface area contributed by atoms with Crippen LogP contribution in [0.5, 0.6) is 0 Å². The molecule has 2 nitrogen and oxygen atoms in total. The zero-order valence-electron chi connectivity index (χ0n) is 9.39. The molecule has 19 heavy (non-hydrogen) atoms. The van der Waals surface area contributed by atoms with Gasteiger partial charge in [-0.15, -0.1) is 22.7 Å². The van der Waals surface area contributed by atoms with Crippen molar-refractivity contribution in [1.29, 1.82) is 0 Å². The molecule has 0 aromatic carbocycles. The molecule has 1 unspecified atom stereocenters. The Bertz CT molecular complexity index is 580. The van der Waals surface area contributed by atoms with Crippen molar-refractivity contribution in [3.63, 3.8) is 0 Å². The molecule has 9 heteroatoms. The summed E-state index contributed by atoms with van der Waals surface area (Å²) in [7, 11) is 1.64. The van der Waals surface area contributed by atoms with Crippen LogP contribution < -0.4 is 5.32 Å². The molecule has 0 spiro atoms. The number of hydrogen-bond acceptors (Lipinski definition) is 4. The van der Waals surface area contributed by atoms with Crippen molar-refractivity contribution in [2.75, 3.05) is 7.05 Å². The van der Waals surface area contributed by atoms with Gasteiger partial charge in [-0.3, -0.25) is 0 Å². The van der Waals surface area contributed by atoms with Crippen molar-refractivity contribution in [1.82, 2.24) is 10.3 Å². The van der Waals surface area contributed by atoms with E-state index in [0.717, 1.165) is 0 Å². The average Bonchev–Trinajstić information content (AvgIpc) is 2.87. The predicted octanol–water partition coefficient (Wildman–Crippen LogP) is 4.84. The predicted molar refractivity (Wildman–Crippen MR) is 72.4 cm³/mol. The van der Waals surface area contributed by atoms with Gasteiger partial charge in [0.25, 0.3) is 0 Å². The van der Waals surface area contributed by atoms with E-state index in [1.807, 2.05) is 0 Å². The Morgan fingerprint density at radius 2 is 2.00 bits per heavy atom. The molecule has 0 fully saturated rings. The standard InChI is InChI=1S/C10H7Cl2F3N2S2/c1-16-7(4-2-6(11)19-8(4)12)5-3-17-9(18-5)10(13,14)15/h2-3,7,16H,1H3. The van der Waals surface area contributed by atoms with Crippen molar-refractivity contribution in [3.8, 4) is 0 Å². The molecule has 0 radical (unpaired) electrons. The second kappa shape index (κ2) is 5.57. The number of thiophene rings is 1. The van der Waals surface area contributed by atoms with Crippen molar-refractivity contribution < 1.29 is 13.2 Å². The molecule has 0 aliphatic rings. The lowest BCUT2D eigenvalue weighted by molar-refractivity contribution is -0.137. The van der Waals surface area contributed by atoms with E-state index in [-0.39, 0.29) is 0 Å². The Labute approximate surface area is 125 Å². The molecule has 2 heterocycles. The van der Waals surface area contributed by atoms with Gasteiger partial charge in [0.05, 0.1) is 14.7 Å². The van der Waals surface area contributed by atoms with E-state index in [1.165, 1.54) is 17.5 Å². The number of rotatable bonds is 3. The minimum absolute atomic E-state index is 0.436. The number of hydrogen-bond donors (Lipinski definition) is 1. The van der Waals surface area contributed by atoms with Gasteiger partial charge < -0.3 is 5.32 Å². The Morgan fingerprint density at radius 3 is 2.42 bits per heavy atom. The highest BCUT2D eigenvalue weighted by Crippen LogP contribution is 2.40. The first kappa shape index (κ1) is 15.1. The quantitative estimate of drug-likeness (QED) is 0.860. The van der Waals surface area contributed by atoms with Crippen LogP contribution in [0.3, 0.4) is 0 Å². The molecule has 1 N–H and O–H groups in total. The van der Waals surface area contributed by atoms with E-state index in [1.54, 1.807) is 13.1 Å². The fraction of sp³-hybridized carbons (Fsp3) is 0.300. The maximum absolute atomic E-state index is 12.5. The Morgan fingerprint density at radius 1 is 1.32 bits per heavy atom. The summed E-state index contributed by atoms with van der Waals surface area (Å²) in [5, 5.41) is 2.05. The van der Waals surface area contributed by atoms with Crippen LogP contribution in [0.2, 0.25) is 8.67 Å². The van der Waals surface area contributed by atoms with Crippen molar-refractivity contribution in [2.45, 2.75) is 12.2 Å². The highest BCUT2D eigenvalue weighted by Gasteiger charge is 2.35. The van der Waals surface area contributed by atoms with E-state index >= 15 is 0 Å². The van der Waals surface area contributed by atoms with E-state index < -0.39 is 17.2 Å². The zero-order chi connectivity index (χ0) is 14.2. The lowest BCUT2D eigenvalue weighted by atomic mass is 10.1. The summed E-state index contributed by atoms with van der Waals surface area (Å²) in [5.74, 6) is 0. The number of alkyl halides is 3. The Balaban J connectivity index is 2.38. The SMILES string of the molecule is CNC(c1cnc(C(F)(F)F)s1)c1cc(Cl)sc1Cl. The van der Waals surface area contributed by atoms with Gasteiger partial charge in [0.15, 0.2) is 5.01 Å². The van der Waals surface area contributed by atoms with Gasteiger partial charge in [-0.05, 0) is 13.1 Å². The normalized spacial score (nSPS) is 13.8. The average molecular weight is 347 g/mol. The highest BCUT2D eigenvalue weighted by atomic mass is 35.5. The van der Waals surface area contributed by atoms with Crippen LogP contribution in [0.15, 0.2) is 12.3 Å². The van der Waals surface area contributed by atoms with Crippen LogP contribution in [-0.2, 0) is 6.18 Å². The third-order valence-corrected chi connectivity index (χ3v) is 4.96. The molecule has 1 atom stereocenters. The summed E-state index contributed by atoms with van der Waals surface area (Å²) < 4.78 is 38.5. The second-order valence-corrected chi connectivity index (χ2v) is 6.91. The summed E-state index contributed by atoms with van der Waals surface area (Å²) in [5.41, 5.74) is 0.650. The summed E-state index contributed by atoms with van der Waals surface area (Å²) in [6.45, 7) is 0. The van der Waals surface area contributed by atoms with Gasteiger partial charge in [-0.1, -0.05) is 23.2 Å². The van der Waals surface area contributed by atoms with E-state index in [9.17, 15) is 13.2 Å². The molecular weight excluding hydrogens is 340 g/mol. The third kappa shape index (κ3) is 3.22. The molecule has 104 valence electrons. The van der Waals surface area contributed by atoms with Crippen molar-refractivity contribution in [2.24, 2.45) is 0 Å². The number of thiazole rings is 1. The summed E-state index contributed by atoms with van der Waals surface area (Å²) in [4.78, 5) is 3.84. The van der Waals surface area contributed by atoms with Crippen LogP contribution in [-0.4, -0.2) is 12.0 Å². The molecule has 0 bridgehead atoms. The number of aromatic nitrogens is 1. The third-order valence-electron chi connectivity index (χ3n) is 2.33. The highest BCUT2D eigenvalue weighted by molar-refractivity contribution is 7.20. The lowest BCUT2D eigenvalue weighted by Gasteiger charge is -2.13. The molecule has 2 aromatic heterocycles. The second-order valence-electron chi connectivity index (χ2n) is 3.57. The van der Waals surface area contributed by atoms with Gasteiger partial charge in [0.2, 0.25) is 0 Å². The number of halogens is 5. The molecule has 0 aliphatic heterocycles. The summed E-state index contributed by atoms with van der Waals surface area (Å²) in [6, 6.07) is 1.19. The smallest absolute Gasteiger partial charge is 0.309 e. The molecule has 0 saturated carbocycles. The van der Waals surface area contributed by atoms with Gasteiger partial charge in [0, 0.05) is 16.6 Å². The Kier molecular flexibility index (Phi) is 4.42. The fourth-order valence-corrected chi connectivity index (χ4v) is 4.00. The molecule has 0 amide bonds. The van der Waals surface area contributed by atoms with Gasteiger partial charge >= 0.3 is 6.18 Å². The lowest BCUT2D eigenvalue weighted by Crippen LogP contribution is -2.16. The molecule has 0 aliphatic carbocycles. The van der Waals surface area contributed by atoms with Crippen molar-refractivity contribution >= 4 is 45.9 Å². The topological polar surface area (TPSA) is 24.9 Å². The van der Waals surface area contributed by atoms with Gasteiger partial charge in [-0.2, -0.15) is 13.2 Å². The minimum atomic E-state index is -4.43. The molecule has 2 aromatic rings. The first-order valence-corrected chi connectivity index (χ1v) is 7.36. The Hall–Kier alpha value is -0.340. The minimum Gasteiger partial charge on any atom is -0.309 e. The monoisotopic (exact) mass is 346 g/mol. The zero-order valence-corrected chi connectivity index (χ0v) is 12.5. The van der Waals surface area contributed by atoms with Gasteiger partial charge in [0.1, 0.15) is 0 Å². The van der Waals surface area contributed by atoms with E-state index in [4.69, 9.17) is 23.2 Å². The van der Waals surface area contributed by atoms with Crippen LogP contribution >= 0.6 is 45.9 Å². The van der Waals surface area contributed by atoms with E-state index in [0.29, 0.717) is 30.5 Å². The summed E-state index contributed by atoms with van der Waals surface area (Å²) >= 11 is 13.6. The first-order chi connectivity index (χ1) is 8.82. The molecule has 0 saturated heterocycles. The van der Waals surface area contributed by atoms with Crippen LogP contribution in [0.25, 0.3) is 0 Å². The van der Waals surface area contributed by atoms with Crippen LogP contribution in [0.4, 0.5) is 13.2 Å². The fourth-order valence-electron chi connectivity index (χ4n) is 1.55. The van der Waals surface area contributed by atoms with Gasteiger partial charge in [-0.25, -0.2) is 4.98 Å². The first-order valence-electron chi connectivity index (χ1n) is 4.98. The largest absolute Gasteiger partial charge is 0.443 e. The maximum Gasteiger partial charge on any atom is 0.443 e.